The zero-order valence-corrected chi connectivity index (χ0v) is 13.8. The Labute approximate surface area is 133 Å². The molecule has 0 aliphatic carbocycles. The molecule has 3 nitrogen and oxygen atoms in total. The number of halogens is 1. The lowest BCUT2D eigenvalue weighted by Crippen LogP contribution is -2.12. The zero-order valence-electron chi connectivity index (χ0n) is 13.0. The van der Waals surface area contributed by atoms with Gasteiger partial charge in [0, 0.05) is 6.42 Å². The number of carbonyl (C=O) groups is 1. The van der Waals surface area contributed by atoms with Gasteiger partial charge in [-0.15, -0.1) is 0 Å². The van der Waals surface area contributed by atoms with Crippen molar-refractivity contribution in [2.75, 3.05) is 5.32 Å². The Hall–Kier alpha value is -1.09. The Morgan fingerprint density at radius 3 is 2.29 bits per heavy atom. The summed E-state index contributed by atoms with van der Waals surface area (Å²) < 4.78 is 0. The third kappa shape index (κ3) is 9.46. The van der Waals surface area contributed by atoms with Crippen molar-refractivity contribution < 1.29 is 4.79 Å². The normalized spacial score (nSPS) is 10.6. The molecule has 118 valence electrons. The number of carbonyl (C=O) groups excluding carboxylic acids is 1. The van der Waals surface area contributed by atoms with Crippen LogP contribution in [0.25, 0.3) is 0 Å². The maximum atomic E-state index is 11.7. The Bertz CT molecular complexity index is 410. The van der Waals surface area contributed by atoms with Crippen LogP contribution in [0.2, 0.25) is 5.15 Å². The van der Waals surface area contributed by atoms with Crippen molar-refractivity contribution in [3.05, 3.63) is 23.4 Å². The first-order valence-corrected chi connectivity index (χ1v) is 8.52. The van der Waals surface area contributed by atoms with Crippen LogP contribution in [0.15, 0.2) is 18.2 Å². The highest BCUT2D eigenvalue weighted by molar-refractivity contribution is 6.29. The minimum absolute atomic E-state index is 0.0210. The van der Waals surface area contributed by atoms with Crippen LogP contribution in [0.5, 0.6) is 0 Å². The van der Waals surface area contributed by atoms with Gasteiger partial charge >= 0.3 is 0 Å². The zero-order chi connectivity index (χ0) is 15.3. The molecule has 0 bridgehead atoms. The largest absolute Gasteiger partial charge is 0.311 e. The molecule has 1 heterocycles. The molecular weight excluding hydrogens is 284 g/mol. The summed E-state index contributed by atoms with van der Waals surface area (Å²) in [4.78, 5) is 15.8. The summed E-state index contributed by atoms with van der Waals surface area (Å²) in [6.45, 7) is 2.24. The van der Waals surface area contributed by atoms with E-state index in [9.17, 15) is 4.79 Å². The second-order valence-electron chi connectivity index (χ2n) is 5.47. The molecule has 0 unspecified atom stereocenters. The van der Waals surface area contributed by atoms with Gasteiger partial charge in [-0.25, -0.2) is 4.98 Å². The molecular formula is C17H27ClN2O. The SMILES string of the molecule is CCCCCCCCCCCC(=O)Nc1cccc(Cl)n1. The molecule has 0 fully saturated rings. The van der Waals surface area contributed by atoms with Crippen molar-refractivity contribution in [1.82, 2.24) is 4.98 Å². The van der Waals surface area contributed by atoms with Crippen LogP contribution < -0.4 is 5.32 Å². The minimum atomic E-state index is 0.0210. The number of nitrogens with one attached hydrogen (secondary N) is 1. The van der Waals surface area contributed by atoms with Gasteiger partial charge in [-0.2, -0.15) is 0 Å². The lowest BCUT2D eigenvalue weighted by molar-refractivity contribution is -0.116. The fourth-order valence-corrected chi connectivity index (χ4v) is 2.44. The molecule has 0 aromatic carbocycles. The van der Waals surface area contributed by atoms with Gasteiger partial charge in [0.05, 0.1) is 0 Å². The van der Waals surface area contributed by atoms with E-state index in [-0.39, 0.29) is 5.91 Å². The van der Waals surface area contributed by atoms with Gasteiger partial charge in [-0.1, -0.05) is 76.0 Å². The number of rotatable bonds is 11. The number of nitrogens with zero attached hydrogens (tertiary/aromatic N) is 1. The second kappa shape index (κ2) is 11.6. The van der Waals surface area contributed by atoms with Crippen LogP contribution in [0, 0.1) is 0 Å². The van der Waals surface area contributed by atoms with Gasteiger partial charge in [-0.3, -0.25) is 4.79 Å². The van der Waals surface area contributed by atoms with Crippen LogP contribution in [-0.2, 0) is 4.79 Å². The van der Waals surface area contributed by atoms with Gasteiger partial charge in [0.15, 0.2) is 0 Å². The lowest BCUT2D eigenvalue weighted by atomic mass is 10.1. The van der Waals surface area contributed by atoms with Crippen LogP contribution in [0.4, 0.5) is 5.82 Å². The molecule has 1 aromatic rings. The standard InChI is InChI=1S/C17H27ClN2O/c1-2-3-4-5-6-7-8-9-10-14-17(21)20-16-13-11-12-15(18)19-16/h11-13H,2-10,14H2,1H3,(H,19,20,21). The summed E-state index contributed by atoms with van der Waals surface area (Å²) in [6.07, 6.45) is 11.9. The highest BCUT2D eigenvalue weighted by Gasteiger charge is 2.03. The highest BCUT2D eigenvalue weighted by Crippen LogP contribution is 2.12. The molecule has 0 radical (unpaired) electrons. The van der Waals surface area contributed by atoms with Crippen molar-refractivity contribution >= 4 is 23.3 Å². The Morgan fingerprint density at radius 2 is 1.67 bits per heavy atom. The molecule has 1 rings (SSSR count). The number of anilines is 1. The molecule has 1 N–H and O–H groups in total. The molecule has 0 spiro atoms. The topological polar surface area (TPSA) is 42.0 Å². The summed E-state index contributed by atoms with van der Waals surface area (Å²) in [5.41, 5.74) is 0. The lowest BCUT2D eigenvalue weighted by Gasteiger charge is -2.05. The van der Waals surface area contributed by atoms with Crippen molar-refractivity contribution in [2.24, 2.45) is 0 Å². The highest BCUT2D eigenvalue weighted by atomic mass is 35.5. The van der Waals surface area contributed by atoms with Gasteiger partial charge < -0.3 is 5.32 Å². The number of pyridine rings is 1. The number of unbranched alkanes of at least 4 members (excludes halogenated alkanes) is 8. The number of aromatic nitrogens is 1. The van der Waals surface area contributed by atoms with Crippen molar-refractivity contribution in [1.29, 1.82) is 0 Å². The number of hydrogen-bond donors (Lipinski definition) is 1. The quantitative estimate of drug-likeness (QED) is 0.427. The van der Waals surface area contributed by atoms with E-state index < -0.39 is 0 Å². The molecule has 4 heteroatoms. The maximum absolute atomic E-state index is 11.7. The first-order chi connectivity index (χ1) is 10.2. The van der Waals surface area contributed by atoms with Gasteiger partial charge in [0.1, 0.15) is 11.0 Å². The molecule has 0 atom stereocenters. The summed E-state index contributed by atoms with van der Waals surface area (Å²) >= 11 is 5.77. The van der Waals surface area contributed by atoms with Crippen molar-refractivity contribution in [3.8, 4) is 0 Å². The van der Waals surface area contributed by atoms with Gasteiger partial charge in [0.2, 0.25) is 5.91 Å². The molecule has 0 saturated carbocycles. The molecule has 0 aliphatic rings. The summed E-state index contributed by atoms with van der Waals surface area (Å²) in [5.74, 6) is 0.552. The fraction of sp³-hybridized carbons (Fsp3) is 0.647. The van der Waals surface area contributed by atoms with Crippen LogP contribution in [-0.4, -0.2) is 10.9 Å². The first kappa shape index (κ1) is 18.0. The molecule has 1 aromatic heterocycles. The van der Waals surface area contributed by atoms with E-state index in [0.29, 0.717) is 17.4 Å². The van der Waals surface area contributed by atoms with E-state index in [4.69, 9.17) is 11.6 Å². The first-order valence-electron chi connectivity index (χ1n) is 8.14. The van der Waals surface area contributed by atoms with E-state index in [2.05, 4.69) is 17.2 Å². The monoisotopic (exact) mass is 310 g/mol. The van der Waals surface area contributed by atoms with Crippen LogP contribution in [0.3, 0.4) is 0 Å². The Morgan fingerprint density at radius 1 is 1.05 bits per heavy atom. The van der Waals surface area contributed by atoms with Crippen LogP contribution >= 0.6 is 11.6 Å². The van der Waals surface area contributed by atoms with Gasteiger partial charge in [-0.05, 0) is 18.6 Å². The van der Waals surface area contributed by atoms with E-state index >= 15 is 0 Å². The Balaban J connectivity index is 1.99. The summed E-state index contributed by atoms with van der Waals surface area (Å²) in [5, 5.41) is 3.17. The average molecular weight is 311 g/mol. The third-order valence-electron chi connectivity index (χ3n) is 3.49. The van der Waals surface area contributed by atoms with E-state index in [1.165, 1.54) is 44.9 Å². The van der Waals surface area contributed by atoms with E-state index in [1.54, 1.807) is 18.2 Å². The summed E-state index contributed by atoms with van der Waals surface area (Å²) in [7, 11) is 0. The van der Waals surface area contributed by atoms with Gasteiger partial charge in [0.25, 0.3) is 0 Å². The smallest absolute Gasteiger partial charge is 0.225 e. The Kier molecular flexibility index (Phi) is 9.88. The van der Waals surface area contributed by atoms with Crippen molar-refractivity contribution in [2.45, 2.75) is 71.1 Å². The molecule has 0 saturated heterocycles. The predicted octanol–water partition coefficient (Wildman–Crippen LogP) is 5.59. The van der Waals surface area contributed by atoms with E-state index in [0.717, 1.165) is 12.8 Å². The number of amides is 1. The van der Waals surface area contributed by atoms with E-state index in [1.807, 2.05) is 0 Å². The minimum Gasteiger partial charge on any atom is -0.311 e. The third-order valence-corrected chi connectivity index (χ3v) is 3.70. The molecule has 1 amide bonds. The average Bonchev–Trinajstić information content (AvgIpc) is 2.45. The molecule has 21 heavy (non-hydrogen) atoms. The maximum Gasteiger partial charge on any atom is 0.225 e. The van der Waals surface area contributed by atoms with Crippen LogP contribution in [0.1, 0.15) is 71.1 Å². The summed E-state index contributed by atoms with van der Waals surface area (Å²) in [6, 6.07) is 5.22. The van der Waals surface area contributed by atoms with Crippen molar-refractivity contribution in [3.63, 3.8) is 0 Å². The fourth-order valence-electron chi connectivity index (χ4n) is 2.28. The molecule has 0 aliphatic heterocycles. The number of hydrogen-bond acceptors (Lipinski definition) is 2. The second-order valence-corrected chi connectivity index (χ2v) is 5.86. The predicted molar refractivity (Wildman–Crippen MR) is 89.7 cm³/mol.